The van der Waals surface area contributed by atoms with Crippen molar-refractivity contribution in [3.63, 3.8) is 0 Å². The maximum absolute atomic E-state index is 13.5. The van der Waals surface area contributed by atoms with Crippen LogP contribution in [0.2, 0.25) is 0 Å². The summed E-state index contributed by atoms with van der Waals surface area (Å²) in [4.78, 5) is 28.8. The molecule has 2 N–H and O–H groups in total. The standard InChI is InChI=1S/C30H43NO5/c1-6-21-7-9-26(23-11-12-31-18-23)27(14-21)29(36-20(4)32)17-25(33)15-24(13-19(2)3)22-8-10-28(34)30(16-22)35-5/h8,10-12,16,18-19,21,24,26-27,29,31,34H,6-7,9,13-15,17H2,1-5H3/t21-,24-,26+,27-,29-/m0/s1. The molecule has 2 aromatic rings. The molecule has 1 saturated carbocycles. The van der Waals surface area contributed by atoms with Crippen molar-refractivity contribution >= 4 is 11.8 Å². The Morgan fingerprint density at radius 2 is 1.94 bits per heavy atom. The molecule has 0 aliphatic heterocycles. The van der Waals surface area contributed by atoms with Gasteiger partial charge in [0.05, 0.1) is 7.11 Å². The van der Waals surface area contributed by atoms with E-state index in [0.29, 0.717) is 24.0 Å². The Labute approximate surface area is 215 Å². The first-order valence-corrected chi connectivity index (χ1v) is 13.4. The fourth-order valence-corrected chi connectivity index (χ4v) is 5.99. The molecule has 0 unspecified atom stereocenters. The lowest BCUT2D eigenvalue weighted by atomic mass is 9.68. The van der Waals surface area contributed by atoms with Gasteiger partial charge in [-0.2, -0.15) is 0 Å². The molecule has 0 spiro atoms. The number of ether oxygens (including phenoxy) is 2. The first-order valence-electron chi connectivity index (χ1n) is 13.4. The average molecular weight is 498 g/mol. The molecule has 6 nitrogen and oxygen atoms in total. The van der Waals surface area contributed by atoms with Crippen molar-refractivity contribution in [3.05, 3.63) is 47.8 Å². The van der Waals surface area contributed by atoms with Crippen LogP contribution in [0.3, 0.4) is 0 Å². The van der Waals surface area contributed by atoms with E-state index in [9.17, 15) is 14.7 Å². The number of H-pyrrole nitrogens is 1. The van der Waals surface area contributed by atoms with Crippen LogP contribution in [-0.2, 0) is 14.3 Å². The highest BCUT2D eigenvalue weighted by molar-refractivity contribution is 5.80. The number of Topliss-reactive ketones (excluding diaryl/α,β-unsaturated/α-hetero) is 1. The Balaban J connectivity index is 1.82. The molecule has 5 atom stereocenters. The van der Waals surface area contributed by atoms with E-state index in [-0.39, 0.29) is 41.7 Å². The number of ketones is 1. The topological polar surface area (TPSA) is 88.6 Å². The monoisotopic (exact) mass is 497 g/mol. The van der Waals surface area contributed by atoms with Crippen molar-refractivity contribution in [2.45, 2.75) is 90.6 Å². The fourth-order valence-electron chi connectivity index (χ4n) is 5.99. The number of aromatic amines is 1. The van der Waals surface area contributed by atoms with Gasteiger partial charge in [0.1, 0.15) is 11.9 Å². The highest BCUT2D eigenvalue weighted by Gasteiger charge is 2.39. The van der Waals surface area contributed by atoms with E-state index in [1.807, 2.05) is 24.5 Å². The summed E-state index contributed by atoms with van der Waals surface area (Å²) in [6, 6.07) is 7.43. The number of hydrogen-bond donors (Lipinski definition) is 2. The third kappa shape index (κ3) is 7.37. The van der Waals surface area contributed by atoms with Gasteiger partial charge in [0.2, 0.25) is 0 Å². The predicted molar refractivity (Wildman–Crippen MR) is 141 cm³/mol. The molecule has 0 saturated heterocycles. The first-order chi connectivity index (χ1) is 17.2. The summed E-state index contributed by atoms with van der Waals surface area (Å²) in [5.41, 5.74) is 2.21. The lowest BCUT2D eigenvalue weighted by Crippen LogP contribution is -2.37. The van der Waals surface area contributed by atoms with Crippen molar-refractivity contribution in [1.82, 2.24) is 4.98 Å². The van der Waals surface area contributed by atoms with Gasteiger partial charge in [0.15, 0.2) is 11.5 Å². The number of carbonyl (C=O) groups is 2. The number of esters is 1. The van der Waals surface area contributed by atoms with Crippen LogP contribution in [0.5, 0.6) is 11.5 Å². The predicted octanol–water partition coefficient (Wildman–Crippen LogP) is 6.75. The SMILES string of the molecule is CC[C@H]1CC[C@H](c2cc[nH]c2)[C@@H]([C@H](CC(=O)C[C@H](CC(C)C)c2ccc(O)c(OC)c2)OC(C)=O)C1. The molecular weight excluding hydrogens is 454 g/mol. The molecule has 1 aromatic heterocycles. The summed E-state index contributed by atoms with van der Waals surface area (Å²) < 4.78 is 11.2. The normalized spacial score (nSPS) is 21.7. The summed E-state index contributed by atoms with van der Waals surface area (Å²) in [6.07, 6.45) is 9.22. The lowest BCUT2D eigenvalue weighted by molar-refractivity contribution is -0.152. The minimum Gasteiger partial charge on any atom is -0.504 e. The quantitative estimate of drug-likeness (QED) is 0.317. The molecule has 1 aliphatic rings. The average Bonchev–Trinajstić information content (AvgIpc) is 3.37. The Morgan fingerprint density at radius 1 is 1.17 bits per heavy atom. The van der Waals surface area contributed by atoms with Gasteiger partial charge in [-0.15, -0.1) is 0 Å². The van der Waals surface area contributed by atoms with Crippen LogP contribution >= 0.6 is 0 Å². The number of methoxy groups -OCH3 is 1. The number of aromatic hydroxyl groups is 1. The number of phenols is 1. The lowest BCUT2D eigenvalue weighted by Gasteiger charge is -2.39. The summed E-state index contributed by atoms with van der Waals surface area (Å²) in [6.45, 7) is 7.94. The summed E-state index contributed by atoms with van der Waals surface area (Å²) in [5.74, 6) is 1.63. The number of nitrogens with one attached hydrogen (secondary N) is 1. The molecule has 0 bridgehead atoms. The van der Waals surface area contributed by atoms with Crippen LogP contribution in [0.15, 0.2) is 36.7 Å². The van der Waals surface area contributed by atoms with E-state index < -0.39 is 6.10 Å². The highest BCUT2D eigenvalue weighted by Crippen LogP contribution is 2.45. The molecule has 1 heterocycles. The van der Waals surface area contributed by atoms with Gasteiger partial charge < -0.3 is 19.6 Å². The van der Waals surface area contributed by atoms with Gasteiger partial charge in [-0.05, 0) is 78.7 Å². The maximum atomic E-state index is 13.5. The van der Waals surface area contributed by atoms with Gasteiger partial charge in [-0.1, -0.05) is 33.3 Å². The molecule has 1 aliphatic carbocycles. The zero-order chi connectivity index (χ0) is 26.2. The zero-order valence-electron chi connectivity index (χ0n) is 22.5. The number of aromatic nitrogens is 1. The molecule has 3 rings (SSSR count). The Hall–Kier alpha value is -2.76. The van der Waals surface area contributed by atoms with E-state index in [2.05, 4.69) is 31.8 Å². The fraction of sp³-hybridized carbons (Fsp3) is 0.600. The summed E-state index contributed by atoms with van der Waals surface area (Å²) >= 11 is 0. The minimum absolute atomic E-state index is 0.000180. The number of benzene rings is 1. The van der Waals surface area contributed by atoms with Gasteiger partial charge in [-0.25, -0.2) is 0 Å². The summed E-state index contributed by atoms with van der Waals surface area (Å²) in [7, 11) is 1.53. The second-order valence-electron chi connectivity index (χ2n) is 10.9. The Kier molecular flexibility index (Phi) is 10.0. The van der Waals surface area contributed by atoms with Crippen molar-refractivity contribution in [2.24, 2.45) is 17.8 Å². The smallest absolute Gasteiger partial charge is 0.302 e. The number of carbonyl (C=O) groups excluding carboxylic acids is 2. The van der Waals surface area contributed by atoms with Crippen LogP contribution in [0.25, 0.3) is 0 Å². The molecule has 1 aromatic carbocycles. The van der Waals surface area contributed by atoms with E-state index >= 15 is 0 Å². The van der Waals surface area contributed by atoms with Crippen LogP contribution in [-0.4, -0.2) is 35.1 Å². The van der Waals surface area contributed by atoms with Crippen LogP contribution in [0.1, 0.15) is 95.6 Å². The molecule has 198 valence electrons. The van der Waals surface area contributed by atoms with E-state index in [4.69, 9.17) is 9.47 Å². The van der Waals surface area contributed by atoms with Crippen LogP contribution < -0.4 is 4.74 Å². The van der Waals surface area contributed by atoms with Gasteiger partial charge in [-0.3, -0.25) is 9.59 Å². The molecular formula is C30H43NO5. The second-order valence-corrected chi connectivity index (χ2v) is 10.9. The van der Waals surface area contributed by atoms with E-state index in [1.165, 1.54) is 19.6 Å². The Morgan fingerprint density at radius 3 is 2.56 bits per heavy atom. The Bertz CT molecular complexity index is 983. The largest absolute Gasteiger partial charge is 0.504 e. The van der Waals surface area contributed by atoms with Gasteiger partial charge in [0.25, 0.3) is 0 Å². The third-order valence-electron chi connectivity index (χ3n) is 7.76. The summed E-state index contributed by atoms with van der Waals surface area (Å²) in [5, 5.41) is 10.0. The van der Waals surface area contributed by atoms with Crippen molar-refractivity contribution in [1.29, 1.82) is 0 Å². The highest BCUT2D eigenvalue weighted by atomic mass is 16.5. The zero-order valence-corrected chi connectivity index (χ0v) is 22.5. The molecule has 1 fully saturated rings. The third-order valence-corrected chi connectivity index (χ3v) is 7.76. The molecule has 36 heavy (non-hydrogen) atoms. The van der Waals surface area contributed by atoms with Crippen LogP contribution in [0, 0.1) is 17.8 Å². The maximum Gasteiger partial charge on any atom is 0.302 e. The van der Waals surface area contributed by atoms with E-state index in [1.54, 1.807) is 6.07 Å². The van der Waals surface area contributed by atoms with Gasteiger partial charge >= 0.3 is 5.97 Å². The molecule has 6 heteroatoms. The van der Waals surface area contributed by atoms with Crippen molar-refractivity contribution in [3.8, 4) is 11.5 Å². The first kappa shape index (κ1) is 27.8. The molecule has 0 radical (unpaired) electrons. The number of rotatable bonds is 12. The van der Waals surface area contributed by atoms with Crippen molar-refractivity contribution < 1.29 is 24.2 Å². The van der Waals surface area contributed by atoms with Crippen molar-refractivity contribution in [2.75, 3.05) is 7.11 Å². The van der Waals surface area contributed by atoms with E-state index in [0.717, 1.165) is 37.7 Å². The minimum atomic E-state index is -0.432. The van der Waals surface area contributed by atoms with Gasteiger partial charge in [0, 0.05) is 38.1 Å². The second kappa shape index (κ2) is 13.0. The number of phenolic OH excluding ortho intramolecular Hbond substituents is 1. The number of hydrogen-bond acceptors (Lipinski definition) is 5. The van der Waals surface area contributed by atoms with Crippen LogP contribution in [0.4, 0.5) is 0 Å². The molecule has 0 amide bonds.